The molecule has 0 aromatic heterocycles. The highest BCUT2D eigenvalue weighted by Crippen LogP contribution is 2.32. The molecule has 1 N–H and O–H groups in total. The minimum absolute atomic E-state index is 0.121. The van der Waals surface area contributed by atoms with Crippen molar-refractivity contribution >= 4 is 0 Å². The Morgan fingerprint density at radius 3 is 2.41 bits per heavy atom. The molecule has 0 amide bonds. The first kappa shape index (κ1) is 22.2. The van der Waals surface area contributed by atoms with Gasteiger partial charge in [-0.1, -0.05) is 6.07 Å². The van der Waals surface area contributed by atoms with Crippen molar-refractivity contribution in [2.45, 2.75) is 37.3 Å². The molecule has 1 unspecified atom stereocenters. The van der Waals surface area contributed by atoms with Crippen molar-refractivity contribution in [3.63, 3.8) is 0 Å². The number of hydrogen-bond donors (Lipinski definition) is 1. The summed E-state index contributed by atoms with van der Waals surface area (Å²) in [4.78, 5) is 4.16. The maximum absolute atomic E-state index is 13.4. The Morgan fingerprint density at radius 2 is 1.72 bits per heavy atom. The lowest BCUT2D eigenvalue weighted by molar-refractivity contribution is -0.0724. The Morgan fingerprint density at radius 1 is 1.00 bits per heavy atom. The fraction of sp³-hybridized carbons (Fsp3) is 0.714. The summed E-state index contributed by atoms with van der Waals surface area (Å²) in [6, 6.07) is 5.83. The molecule has 2 aliphatic heterocycles. The van der Waals surface area contributed by atoms with Crippen LogP contribution in [0.25, 0.3) is 0 Å². The van der Waals surface area contributed by atoms with E-state index in [2.05, 4.69) is 4.90 Å². The van der Waals surface area contributed by atoms with E-state index in [1.165, 1.54) is 0 Å². The van der Waals surface area contributed by atoms with Gasteiger partial charge >= 0.3 is 0 Å². The summed E-state index contributed by atoms with van der Waals surface area (Å²) in [6.07, 6.45) is 0.405. The number of methoxy groups -OCH3 is 2. The second-order valence-corrected chi connectivity index (χ2v) is 8.14. The highest BCUT2D eigenvalue weighted by molar-refractivity contribution is 5.43. The van der Waals surface area contributed by atoms with E-state index in [-0.39, 0.29) is 12.8 Å². The van der Waals surface area contributed by atoms with Crippen molar-refractivity contribution in [1.29, 1.82) is 0 Å². The molecule has 2 heterocycles. The van der Waals surface area contributed by atoms with Gasteiger partial charge in [-0.3, -0.25) is 9.80 Å². The van der Waals surface area contributed by atoms with Gasteiger partial charge in [0.2, 0.25) is 0 Å². The first-order valence-electron chi connectivity index (χ1n) is 10.2. The van der Waals surface area contributed by atoms with Crippen molar-refractivity contribution < 1.29 is 28.1 Å². The monoisotopic (exact) mass is 414 g/mol. The third-order valence-corrected chi connectivity index (χ3v) is 5.70. The summed E-state index contributed by atoms with van der Waals surface area (Å²) >= 11 is 0. The third kappa shape index (κ3) is 6.25. The molecule has 2 saturated heterocycles. The molecule has 1 aromatic rings. The lowest BCUT2D eigenvalue weighted by Gasteiger charge is -2.36. The van der Waals surface area contributed by atoms with Gasteiger partial charge in [-0.15, -0.1) is 0 Å². The number of rotatable bonds is 9. The van der Waals surface area contributed by atoms with Gasteiger partial charge in [-0.2, -0.15) is 0 Å². The van der Waals surface area contributed by atoms with E-state index in [1.54, 1.807) is 14.2 Å². The molecule has 0 aliphatic carbocycles. The van der Waals surface area contributed by atoms with Crippen LogP contribution in [0.4, 0.5) is 8.78 Å². The molecule has 164 valence electrons. The molecule has 0 saturated carbocycles. The maximum atomic E-state index is 13.4. The first-order valence-corrected chi connectivity index (χ1v) is 10.2. The zero-order chi connectivity index (χ0) is 20.9. The van der Waals surface area contributed by atoms with Crippen LogP contribution in [-0.4, -0.2) is 86.6 Å². The summed E-state index contributed by atoms with van der Waals surface area (Å²) in [5.41, 5.74) is 0.219. The first-order chi connectivity index (χ1) is 13.8. The zero-order valence-electron chi connectivity index (χ0n) is 17.3. The normalized spacial score (nSPS) is 25.3. The van der Waals surface area contributed by atoms with E-state index in [0.29, 0.717) is 63.9 Å². The van der Waals surface area contributed by atoms with E-state index < -0.39 is 11.5 Å². The van der Waals surface area contributed by atoms with Crippen LogP contribution < -0.4 is 9.47 Å². The number of ether oxygens (including phenoxy) is 3. The molecular formula is C21H32F2N2O4. The van der Waals surface area contributed by atoms with Crippen molar-refractivity contribution in [3.8, 4) is 11.5 Å². The van der Waals surface area contributed by atoms with Gasteiger partial charge in [0.25, 0.3) is 5.92 Å². The summed E-state index contributed by atoms with van der Waals surface area (Å²) in [6.45, 7) is 4.06. The maximum Gasteiger partial charge on any atom is 0.250 e. The minimum Gasteiger partial charge on any atom is -0.493 e. The fourth-order valence-corrected chi connectivity index (χ4v) is 4.08. The fourth-order valence-electron chi connectivity index (χ4n) is 4.08. The summed E-state index contributed by atoms with van der Waals surface area (Å²) in [5.74, 6) is -1.21. The molecule has 3 rings (SSSR count). The van der Waals surface area contributed by atoms with Gasteiger partial charge in [0.1, 0.15) is 6.61 Å². The quantitative estimate of drug-likeness (QED) is 0.627. The van der Waals surface area contributed by atoms with Crippen molar-refractivity contribution in [3.05, 3.63) is 23.8 Å². The van der Waals surface area contributed by atoms with E-state index >= 15 is 0 Å². The second kappa shape index (κ2) is 9.55. The number of aliphatic hydroxyl groups is 1. The predicted molar refractivity (Wildman–Crippen MR) is 106 cm³/mol. The van der Waals surface area contributed by atoms with Gasteiger partial charge < -0.3 is 19.3 Å². The molecular weight excluding hydrogens is 382 g/mol. The van der Waals surface area contributed by atoms with E-state index in [1.807, 2.05) is 23.1 Å². The van der Waals surface area contributed by atoms with E-state index in [4.69, 9.17) is 14.2 Å². The molecule has 2 fully saturated rings. The van der Waals surface area contributed by atoms with Gasteiger partial charge in [0.05, 0.1) is 19.3 Å². The number of benzene rings is 1. The Bertz CT molecular complexity index is 666. The van der Waals surface area contributed by atoms with Crippen LogP contribution in [0, 0.1) is 0 Å². The number of halogens is 2. The highest BCUT2D eigenvalue weighted by atomic mass is 19.3. The lowest BCUT2D eigenvalue weighted by Crippen LogP contribution is -2.49. The van der Waals surface area contributed by atoms with Gasteiger partial charge in [-0.25, -0.2) is 8.78 Å². The molecule has 1 aromatic carbocycles. The largest absolute Gasteiger partial charge is 0.493 e. The number of nitrogens with zero attached hydrogens (tertiary/aromatic N) is 2. The molecule has 0 radical (unpaired) electrons. The minimum atomic E-state index is -2.56. The van der Waals surface area contributed by atoms with Gasteiger partial charge in [0.15, 0.2) is 11.5 Å². The van der Waals surface area contributed by atoms with E-state index in [0.717, 1.165) is 12.1 Å². The van der Waals surface area contributed by atoms with Gasteiger partial charge in [0, 0.05) is 59.2 Å². The second-order valence-electron chi connectivity index (χ2n) is 8.14. The smallest absolute Gasteiger partial charge is 0.250 e. The zero-order valence-corrected chi connectivity index (χ0v) is 17.3. The molecule has 29 heavy (non-hydrogen) atoms. The number of piperidine rings is 1. The molecule has 1 atom stereocenters. The Balaban J connectivity index is 1.54. The Kier molecular flexibility index (Phi) is 7.32. The number of β-amino-alcohol motifs (C(OH)–C–C–N with tert-alkyl or cyclic N) is 1. The van der Waals surface area contributed by atoms with Crippen LogP contribution in [0.15, 0.2) is 18.2 Å². The topological polar surface area (TPSA) is 54.4 Å². The Hall–Kier alpha value is -1.48. The van der Waals surface area contributed by atoms with E-state index in [9.17, 15) is 13.9 Å². The molecule has 0 spiro atoms. The SMILES string of the molecule is COCCOc1cc(CN2CCC(O)(CN3CCC(F)(F)CC3)C2)ccc1OC. The van der Waals surface area contributed by atoms with Crippen LogP contribution in [-0.2, 0) is 11.3 Å². The molecule has 6 nitrogen and oxygen atoms in total. The van der Waals surface area contributed by atoms with Crippen LogP contribution in [0.1, 0.15) is 24.8 Å². The van der Waals surface area contributed by atoms with Crippen LogP contribution in [0.2, 0.25) is 0 Å². The van der Waals surface area contributed by atoms with Crippen molar-refractivity contribution in [1.82, 2.24) is 9.80 Å². The molecule has 2 aliphatic rings. The average molecular weight is 414 g/mol. The number of likely N-dealkylation sites (tertiary alicyclic amines) is 2. The average Bonchev–Trinajstić information content (AvgIpc) is 3.04. The van der Waals surface area contributed by atoms with Crippen LogP contribution >= 0.6 is 0 Å². The lowest BCUT2D eigenvalue weighted by atomic mass is 10.00. The predicted octanol–water partition coefficient (Wildman–Crippen LogP) is 2.39. The number of alkyl halides is 2. The summed E-state index contributed by atoms with van der Waals surface area (Å²) < 4.78 is 42.8. The summed E-state index contributed by atoms with van der Waals surface area (Å²) in [7, 11) is 3.23. The molecule has 8 heteroatoms. The van der Waals surface area contributed by atoms with Crippen molar-refractivity contribution in [2.24, 2.45) is 0 Å². The third-order valence-electron chi connectivity index (χ3n) is 5.70. The van der Waals surface area contributed by atoms with Gasteiger partial charge in [-0.05, 0) is 24.1 Å². The van der Waals surface area contributed by atoms with Crippen LogP contribution in [0.3, 0.4) is 0 Å². The van der Waals surface area contributed by atoms with Crippen LogP contribution in [0.5, 0.6) is 11.5 Å². The summed E-state index contributed by atoms with van der Waals surface area (Å²) in [5, 5.41) is 11.0. The van der Waals surface area contributed by atoms with Crippen molar-refractivity contribution in [2.75, 3.05) is 60.2 Å². The highest BCUT2D eigenvalue weighted by Gasteiger charge is 2.40. The molecule has 0 bridgehead atoms. The standard InChI is InChI=1S/C21H32F2N2O4/c1-27-11-12-29-19-13-17(3-4-18(19)28-2)14-25-8-5-20(26,16-25)15-24-9-6-21(22,23)7-10-24/h3-4,13,26H,5-12,14-16H2,1-2H3. The number of hydrogen-bond acceptors (Lipinski definition) is 6. The Labute approximate surface area is 171 Å².